The Labute approximate surface area is 240 Å². The quantitative estimate of drug-likeness (QED) is 0.418. The molecule has 3 N–H and O–H groups in total. The molecule has 2 heterocycles. The summed E-state index contributed by atoms with van der Waals surface area (Å²) in [4.78, 5) is 75.2. The van der Waals surface area contributed by atoms with Gasteiger partial charge in [0.05, 0.1) is 23.8 Å². The smallest absolute Gasteiger partial charge is 0.235 e. The number of nitrogens with zero attached hydrogens (tertiary/aromatic N) is 3. The Kier molecular flexibility index (Phi) is 6.32. The topological polar surface area (TPSA) is 177 Å². The van der Waals surface area contributed by atoms with Crippen LogP contribution >= 0.6 is 0 Å². The molecule has 12 nitrogen and oxygen atoms in total. The normalized spacial score (nSPS) is 29.2. The third kappa shape index (κ3) is 3.82. The Balaban J connectivity index is 1.49. The zero-order valence-corrected chi connectivity index (χ0v) is 23.5. The van der Waals surface area contributed by atoms with Crippen LogP contribution in [0.25, 0.3) is 23.3 Å². The molecule has 218 valence electrons. The highest BCUT2D eigenvalue weighted by molar-refractivity contribution is 6.32. The van der Waals surface area contributed by atoms with Gasteiger partial charge in [-0.15, -0.1) is 0 Å². The van der Waals surface area contributed by atoms with E-state index in [1.54, 1.807) is 38.4 Å². The summed E-state index contributed by atoms with van der Waals surface area (Å²) in [6, 6.07) is 4.18. The molecule has 1 aromatic carbocycles. The van der Waals surface area contributed by atoms with Crippen LogP contribution in [0.3, 0.4) is 0 Å². The van der Waals surface area contributed by atoms with Crippen molar-refractivity contribution in [1.82, 2.24) is 9.88 Å². The molecular formula is C30H30N4O8. The predicted molar refractivity (Wildman–Crippen MR) is 149 cm³/mol. The Morgan fingerprint density at radius 3 is 2.50 bits per heavy atom. The molecule has 1 amide bonds. The molecule has 3 aliphatic rings. The first-order valence-electron chi connectivity index (χ1n) is 13.6. The lowest BCUT2D eigenvalue weighted by Crippen LogP contribution is -2.74. The summed E-state index contributed by atoms with van der Waals surface area (Å²) in [6.45, 7) is 0. The number of rotatable bonds is 5. The van der Waals surface area contributed by atoms with Crippen LogP contribution in [0.2, 0.25) is 0 Å². The number of hydrogen-bond donors (Lipinski definition) is 2. The number of anilines is 1. The summed E-state index contributed by atoms with van der Waals surface area (Å²) in [5.41, 5.74) is 4.77. The molecular weight excluding hydrogens is 544 g/mol. The molecule has 2 saturated carbocycles. The van der Waals surface area contributed by atoms with Gasteiger partial charge in [-0.05, 0) is 62.7 Å². The van der Waals surface area contributed by atoms with E-state index in [2.05, 4.69) is 4.98 Å². The number of amides is 1. The van der Waals surface area contributed by atoms with Crippen LogP contribution in [0, 0.1) is 23.7 Å². The van der Waals surface area contributed by atoms with Crippen molar-refractivity contribution in [3.8, 4) is 0 Å². The maximum atomic E-state index is 14.3. The molecule has 42 heavy (non-hydrogen) atoms. The first-order valence-corrected chi connectivity index (χ1v) is 13.6. The van der Waals surface area contributed by atoms with Crippen molar-refractivity contribution in [1.29, 1.82) is 0 Å². The summed E-state index contributed by atoms with van der Waals surface area (Å²) in [5, 5.41) is 11.8. The number of aromatic nitrogens is 1. The van der Waals surface area contributed by atoms with Crippen molar-refractivity contribution in [3.63, 3.8) is 0 Å². The molecule has 0 saturated heterocycles. The largest absolute Gasteiger partial charge is 0.465 e. The number of benzene rings is 1. The number of furan rings is 1. The Bertz CT molecular complexity index is 1700. The number of Topliss-reactive ketones (excluding diaryl/α,β-unsaturated/α-hetero) is 4. The maximum absolute atomic E-state index is 14.3. The van der Waals surface area contributed by atoms with Gasteiger partial charge in [-0.1, -0.05) is 0 Å². The monoisotopic (exact) mass is 574 g/mol. The number of fused-ring (bicyclic) bond motifs is 5. The Morgan fingerprint density at radius 2 is 1.88 bits per heavy atom. The summed E-state index contributed by atoms with van der Waals surface area (Å²) < 4.78 is 11.3. The van der Waals surface area contributed by atoms with E-state index < -0.39 is 64.4 Å². The molecule has 0 spiro atoms. The standard InChI is InChI=1S/C30H30N4O8/c1-33(2)18-12-17-26(42-19(32-17)8-7-14-6-5-9-41-14)21-15(18)10-13-11-16-23(34(3)4)25(36)22(29(31)39)28(38)30(16,40)27(37)20(13)24(21)35/h5-9,12-13,16,20,22-23,40H,10-11H2,1-4H3,(H2,31,39)/t13-,16-,20?,22?,23-,30-/m0/s1. The number of ketones is 4. The third-order valence-electron chi connectivity index (χ3n) is 8.85. The summed E-state index contributed by atoms with van der Waals surface area (Å²) in [6.07, 6.45) is 5.07. The van der Waals surface area contributed by atoms with E-state index in [1.165, 1.54) is 11.2 Å². The Morgan fingerprint density at radius 1 is 1.14 bits per heavy atom. The molecule has 6 atom stereocenters. The van der Waals surface area contributed by atoms with Crippen molar-refractivity contribution < 1.29 is 37.9 Å². The molecule has 2 fully saturated rings. The predicted octanol–water partition coefficient (Wildman–Crippen LogP) is 1.13. The second-order valence-electron chi connectivity index (χ2n) is 11.7. The molecule has 12 heteroatoms. The molecule has 2 aromatic heterocycles. The van der Waals surface area contributed by atoms with Crippen molar-refractivity contribution in [2.24, 2.45) is 29.4 Å². The number of oxazole rings is 1. The average Bonchev–Trinajstić information content (AvgIpc) is 3.58. The van der Waals surface area contributed by atoms with Gasteiger partial charge in [-0.25, -0.2) is 4.98 Å². The van der Waals surface area contributed by atoms with Crippen molar-refractivity contribution in [2.45, 2.75) is 24.5 Å². The molecule has 0 bridgehead atoms. The molecule has 3 aromatic rings. The van der Waals surface area contributed by atoms with Crippen LogP contribution < -0.4 is 10.6 Å². The lowest BCUT2D eigenvalue weighted by molar-refractivity contribution is -0.181. The van der Waals surface area contributed by atoms with Crippen molar-refractivity contribution in [3.05, 3.63) is 47.2 Å². The maximum Gasteiger partial charge on any atom is 0.235 e. The zero-order chi connectivity index (χ0) is 30.2. The van der Waals surface area contributed by atoms with Crippen LogP contribution in [0.15, 0.2) is 33.3 Å². The minimum Gasteiger partial charge on any atom is -0.465 e. The van der Waals surface area contributed by atoms with E-state index in [9.17, 15) is 29.1 Å². The van der Waals surface area contributed by atoms with Gasteiger partial charge in [0.15, 0.2) is 40.2 Å². The van der Waals surface area contributed by atoms with Gasteiger partial charge in [0, 0.05) is 31.8 Å². The SMILES string of the molecule is CN(C)c1cc2nc(C=Cc3ccco3)oc2c2c1C[C@H]1C[C@H]3[C@H](N(C)C)C(=O)C(C(N)=O)C(=O)[C@@]3(O)C(=O)C1C2=O. The van der Waals surface area contributed by atoms with Gasteiger partial charge >= 0.3 is 0 Å². The molecule has 6 rings (SSSR count). The number of primary amides is 1. The number of hydrogen-bond acceptors (Lipinski definition) is 11. The van der Waals surface area contributed by atoms with Gasteiger partial charge in [-0.3, -0.25) is 28.9 Å². The summed E-state index contributed by atoms with van der Waals surface area (Å²) in [5.74, 6) is -9.23. The van der Waals surface area contributed by atoms with Crippen LogP contribution in [0.4, 0.5) is 5.69 Å². The van der Waals surface area contributed by atoms with E-state index in [1.807, 2.05) is 25.1 Å². The molecule has 0 radical (unpaired) electrons. The number of carbonyl (C=O) groups excluding carboxylic acids is 5. The van der Waals surface area contributed by atoms with Gasteiger partial charge < -0.3 is 24.6 Å². The summed E-state index contributed by atoms with van der Waals surface area (Å²) >= 11 is 0. The van der Waals surface area contributed by atoms with E-state index in [0.717, 1.165) is 0 Å². The first-order chi connectivity index (χ1) is 19.9. The second kappa shape index (κ2) is 9.57. The van der Waals surface area contributed by atoms with Gasteiger partial charge in [0.2, 0.25) is 11.8 Å². The van der Waals surface area contributed by atoms with Crippen molar-refractivity contribution in [2.75, 3.05) is 33.1 Å². The minimum absolute atomic E-state index is 0.0301. The fraction of sp³-hybridized carbons (Fsp3) is 0.400. The van der Waals surface area contributed by atoms with Gasteiger partial charge in [0.1, 0.15) is 11.3 Å². The Hall–Kier alpha value is -4.42. The number of likely N-dealkylation sites (N-methyl/N-ethyl adjacent to an activating group) is 1. The fourth-order valence-electron chi connectivity index (χ4n) is 7.07. The third-order valence-corrected chi connectivity index (χ3v) is 8.85. The van der Waals surface area contributed by atoms with Crippen LogP contribution in [-0.4, -0.2) is 83.9 Å². The highest BCUT2D eigenvalue weighted by Crippen LogP contribution is 2.51. The second-order valence-corrected chi connectivity index (χ2v) is 11.7. The van der Waals surface area contributed by atoms with E-state index in [4.69, 9.17) is 14.6 Å². The molecule has 0 aliphatic heterocycles. The highest BCUT2D eigenvalue weighted by atomic mass is 16.4. The van der Waals surface area contributed by atoms with E-state index in [0.29, 0.717) is 22.5 Å². The molecule has 2 unspecified atom stereocenters. The first kappa shape index (κ1) is 27.7. The number of aliphatic hydroxyl groups is 1. The highest BCUT2D eigenvalue weighted by Gasteiger charge is 2.69. The minimum atomic E-state index is -2.73. The lowest BCUT2D eigenvalue weighted by atomic mass is 9.52. The lowest BCUT2D eigenvalue weighted by Gasteiger charge is -2.52. The zero-order valence-electron chi connectivity index (χ0n) is 23.5. The fourth-order valence-corrected chi connectivity index (χ4v) is 7.07. The van der Waals surface area contributed by atoms with E-state index >= 15 is 0 Å². The van der Waals surface area contributed by atoms with Gasteiger partial charge in [-0.2, -0.15) is 0 Å². The summed E-state index contributed by atoms with van der Waals surface area (Å²) in [7, 11) is 6.78. The average molecular weight is 575 g/mol. The molecule has 3 aliphatic carbocycles. The van der Waals surface area contributed by atoms with Crippen LogP contribution in [0.5, 0.6) is 0 Å². The number of nitrogens with two attached hydrogens (primary N) is 1. The number of carbonyl (C=O) groups is 5. The van der Waals surface area contributed by atoms with Crippen molar-refractivity contribution >= 4 is 58.0 Å². The van der Waals surface area contributed by atoms with Crippen LogP contribution in [0.1, 0.15) is 34.0 Å². The van der Waals surface area contributed by atoms with Gasteiger partial charge in [0.25, 0.3) is 0 Å². The van der Waals surface area contributed by atoms with E-state index in [-0.39, 0.29) is 29.9 Å². The van der Waals surface area contributed by atoms with Crippen LogP contribution in [-0.2, 0) is 25.6 Å².